The van der Waals surface area contributed by atoms with Crippen molar-refractivity contribution in [1.29, 1.82) is 0 Å². The van der Waals surface area contributed by atoms with E-state index >= 15 is 0 Å². The molecule has 9 heteroatoms. The second kappa shape index (κ2) is 12.8. The molecule has 1 atom stereocenters. The Balaban J connectivity index is 1.61. The average Bonchev–Trinajstić information content (AvgIpc) is 3.74. The summed E-state index contributed by atoms with van der Waals surface area (Å²) in [4.78, 5) is 25.5. The molecule has 1 unspecified atom stereocenters. The number of methoxy groups -OCH3 is 1. The molecule has 7 nitrogen and oxygen atoms in total. The molecule has 1 heterocycles. The van der Waals surface area contributed by atoms with Crippen LogP contribution < -0.4 is 9.47 Å². The first-order valence-electron chi connectivity index (χ1n) is 13.8. The van der Waals surface area contributed by atoms with E-state index in [1.807, 2.05) is 42.5 Å². The average molecular weight is 571 g/mol. The van der Waals surface area contributed by atoms with Crippen molar-refractivity contribution >= 4 is 7.60 Å². The van der Waals surface area contributed by atoms with Gasteiger partial charge in [-0.15, -0.1) is 0 Å². The van der Waals surface area contributed by atoms with Crippen molar-refractivity contribution in [3.05, 3.63) is 77.2 Å². The van der Waals surface area contributed by atoms with Crippen LogP contribution in [0, 0.1) is 11.7 Å². The minimum Gasteiger partial charge on any atom is -0.489 e. The molecule has 0 spiro atoms. The van der Waals surface area contributed by atoms with Crippen molar-refractivity contribution in [2.75, 3.05) is 13.3 Å². The summed E-state index contributed by atoms with van der Waals surface area (Å²) >= 11 is 0. The molecule has 1 aliphatic rings. The van der Waals surface area contributed by atoms with Gasteiger partial charge in [-0.25, -0.2) is 9.37 Å². The molecule has 40 heavy (non-hydrogen) atoms. The fourth-order valence-electron chi connectivity index (χ4n) is 5.31. The van der Waals surface area contributed by atoms with Gasteiger partial charge in [-0.05, 0) is 86.8 Å². The summed E-state index contributed by atoms with van der Waals surface area (Å²) in [5.41, 5.74) is 3.97. The van der Waals surface area contributed by atoms with E-state index in [0.717, 1.165) is 35.1 Å². The summed E-state index contributed by atoms with van der Waals surface area (Å²) in [6, 6.07) is 15.7. The highest BCUT2D eigenvalue weighted by Gasteiger charge is 2.36. The number of aromatic nitrogens is 1. The van der Waals surface area contributed by atoms with Crippen molar-refractivity contribution in [2.45, 2.75) is 71.7 Å². The zero-order valence-corrected chi connectivity index (χ0v) is 24.8. The molecule has 1 aromatic heterocycles. The third-order valence-corrected chi connectivity index (χ3v) is 8.37. The third-order valence-electron chi connectivity index (χ3n) is 7.50. The Morgan fingerprint density at radius 2 is 1.77 bits per heavy atom. The van der Waals surface area contributed by atoms with Crippen molar-refractivity contribution in [1.82, 2.24) is 9.88 Å². The molecule has 1 aliphatic carbocycles. The lowest BCUT2D eigenvalue weighted by atomic mass is 9.95. The van der Waals surface area contributed by atoms with Crippen LogP contribution in [0.4, 0.5) is 4.39 Å². The summed E-state index contributed by atoms with van der Waals surface area (Å²) in [6.07, 6.45) is 3.03. The Morgan fingerprint density at radius 1 is 1.05 bits per heavy atom. The molecular weight excluding hydrogens is 530 g/mol. The van der Waals surface area contributed by atoms with Crippen LogP contribution in [-0.4, -0.2) is 45.0 Å². The number of hydrogen-bond donors (Lipinski definition) is 2. The van der Waals surface area contributed by atoms with Crippen molar-refractivity contribution in [3.63, 3.8) is 0 Å². The molecule has 0 saturated heterocycles. The van der Waals surface area contributed by atoms with E-state index in [4.69, 9.17) is 9.47 Å². The van der Waals surface area contributed by atoms with Crippen LogP contribution >= 0.6 is 7.60 Å². The number of ether oxygens (including phenoxy) is 2. The van der Waals surface area contributed by atoms with Crippen LogP contribution in [0.25, 0.3) is 11.1 Å². The quantitative estimate of drug-likeness (QED) is 0.219. The Morgan fingerprint density at radius 3 is 2.40 bits per heavy atom. The summed E-state index contributed by atoms with van der Waals surface area (Å²) in [7, 11) is -2.61. The van der Waals surface area contributed by atoms with Gasteiger partial charge in [0.2, 0.25) is 5.88 Å². The van der Waals surface area contributed by atoms with Gasteiger partial charge in [0.15, 0.2) is 0 Å². The monoisotopic (exact) mass is 570 g/mol. The van der Waals surface area contributed by atoms with Gasteiger partial charge in [0.1, 0.15) is 18.2 Å². The number of benzene rings is 2. The smallest absolute Gasteiger partial charge is 0.326 e. The largest absolute Gasteiger partial charge is 0.489 e. The number of hydrogen-bond acceptors (Lipinski definition) is 5. The van der Waals surface area contributed by atoms with Crippen molar-refractivity contribution < 1.29 is 28.2 Å². The van der Waals surface area contributed by atoms with E-state index in [9.17, 15) is 18.7 Å². The van der Waals surface area contributed by atoms with E-state index in [0.29, 0.717) is 36.3 Å². The van der Waals surface area contributed by atoms with Gasteiger partial charge in [0, 0.05) is 30.3 Å². The predicted octanol–water partition coefficient (Wildman–Crippen LogP) is 6.77. The minimum atomic E-state index is -4.12. The Labute approximate surface area is 236 Å². The summed E-state index contributed by atoms with van der Waals surface area (Å²) in [6.45, 7) is 9.48. The zero-order chi connectivity index (χ0) is 29.0. The van der Waals surface area contributed by atoms with E-state index in [2.05, 4.69) is 37.6 Å². The molecule has 0 radical (unpaired) electrons. The Bertz CT molecular complexity index is 1350. The van der Waals surface area contributed by atoms with Gasteiger partial charge in [-0.3, -0.25) is 9.46 Å². The third kappa shape index (κ3) is 7.91. The van der Waals surface area contributed by atoms with Crippen LogP contribution in [0.5, 0.6) is 11.6 Å². The number of rotatable bonds is 13. The van der Waals surface area contributed by atoms with Gasteiger partial charge in [0.05, 0.1) is 19.5 Å². The molecule has 216 valence electrons. The normalized spacial score (nSPS) is 14.7. The second-order valence-electron chi connectivity index (χ2n) is 11.2. The standard InChI is InChI=1S/C31H40FN2O5P/c1-20(2)34(21(3)4)17-25-14-26(11-12-27(25)28-15-31(38-5)33-16-30(28)32)39-18-22-7-6-8-24(13-22)29(23-9-10-23)19-40(35,36)37/h6-8,11-16,20-21,23,29H,9-10,17-19H2,1-5H3,(H2,35,36,37). The molecule has 2 aromatic carbocycles. The van der Waals surface area contributed by atoms with Crippen molar-refractivity contribution in [2.24, 2.45) is 5.92 Å². The van der Waals surface area contributed by atoms with Crippen LogP contribution in [0.15, 0.2) is 54.7 Å². The van der Waals surface area contributed by atoms with Gasteiger partial charge >= 0.3 is 7.60 Å². The predicted molar refractivity (Wildman–Crippen MR) is 155 cm³/mol. The fraction of sp³-hybridized carbons (Fsp3) is 0.452. The molecule has 1 saturated carbocycles. The fourth-order valence-corrected chi connectivity index (χ4v) is 6.33. The molecule has 0 aliphatic heterocycles. The van der Waals surface area contributed by atoms with E-state index in [-0.39, 0.29) is 24.2 Å². The zero-order valence-electron chi connectivity index (χ0n) is 23.9. The molecule has 4 rings (SSSR count). The first-order valence-corrected chi connectivity index (χ1v) is 15.6. The Hall–Kier alpha value is -2.77. The maximum Gasteiger partial charge on any atom is 0.326 e. The van der Waals surface area contributed by atoms with E-state index < -0.39 is 13.4 Å². The van der Waals surface area contributed by atoms with Gasteiger partial charge in [-0.1, -0.05) is 30.3 Å². The van der Waals surface area contributed by atoms with Crippen LogP contribution in [0.1, 0.15) is 63.1 Å². The molecule has 1 fully saturated rings. The highest BCUT2D eigenvalue weighted by molar-refractivity contribution is 7.51. The SMILES string of the molecule is COc1cc(-c2ccc(OCc3cccc(C(CP(=O)(O)O)C4CC4)c3)cc2CN(C(C)C)C(C)C)c(F)cn1. The topological polar surface area (TPSA) is 92.1 Å². The van der Waals surface area contributed by atoms with Crippen LogP contribution in [0.2, 0.25) is 0 Å². The van der Waals surface area contributed by atoms with Gasteiger partial charge in [-0.2, -0.15) is 0 Å². The highest BCUT2D eigenvalue weighted by atomic mass is 31.2. The first-order chi connectivity index (χ1) is 18.9. The lowest BCUT2D eigenvalue weighted by Crippen LogP contribution is -2.36. The second-order valence-corrected chi connectivity index (χ2v) is 12.9. The van der Waals surface area contributed by atoms with Gasteiger partial charge in [0.25, 0.3) is 0 Å². The molecule has 2 N–H and O–H groups in total. The van der Waals surface area contributed by atoms with Gasteiger partial charge < -0.3 is 19.3 Å². The Kier molecular flexibility index (Phi) is 9.68. The summed E-state index contributed by atoms with van der Waals surface area (Å²) in [5, 5.41) is 0. The maximum absolute atomic E-state index is 15.0. The lowest BCUT2D eigenvalue weighted by Gasteiger charge is -2.31. The highest BCUT2D eigenvalue weighted by Crippen LogP contribution is 2.50. The van der Waals surface area contributed by atoms with E-state index in [1.165, 1.54) is 13.3 Å². The maximum atomic E-state index is 15.0. The molecule has 0 bridgehead atoms. The summed E-state index contributed by atoms with van der Waals surface area (Å²) < 4.78 is 38.2. The number of pyridine rings is 1. The molecule has 3 aromatic rings. The van der Waals surface area contributed by atoms with Crippen LogP contribution in [-0.2, 0) is 17.7 Å². The molecular formula is C31H40FN2O5P. The van der Waals surface area contributed by atoms with Crippen molar-refractivity contribution in [3.8, 4) is 22.8 Å². The minimum absolute atomic E-state index is 0.134. The number of nitrogens with zero attached hydrogens (tertiary/aromatic N) is 2. The first kappa shape index (κ1) is 30.2. The van der Waals surface area contributed by atoms with Crippen LogP contribution in [0.3, 0.4) is 0 Å². The molecule has 0 amide bonds. The lowest BCUT2D eigenvalue weighted by molar-refractivity contribution is 0.166. The summed E-state index contributed by atoms with van der Waals surface area (Å²) in [5.74, 6) is 0.740. The van der Waals surface area contributed by atoms with E-state index in [1.54, 1.807) is 6.07 Å². The number of halogens is 1.